The number of ketones is 1. The second-order valence-electron chi connectivity index (χ2n) is 5.74. The SMILES string of the molecule is COCCOc1ccccc1C(=O)C1CCCCCCC1. The third kappa shape index (κ3) is 4.85. The summed E-state index contributed by atoms with van der Waals surface area (Å²) >= 11 is 0. The Kier molecular flexibility index (Phi) is 6.74. The van der Waals surface area contributed by atoms with Gasteiger partial charge in [0.15, 0.2) is 5.78 Å². The summed E-state index contributed by atoms with van der Waals surface area (Å²) in [5.41, 5.74) is 0.735. The Labute approximate surface area is 127 Å². The van der Waals surface area contributed by atoms with E-state index >= 15 is 0 Å². The molecule has 1 aromatic carbocycles. The van der Waals surface area contributed by atoms with Crippen LogP contribution in [0.1, 0.15) is 55.3 Å². The van der Waals surface area contributed by atoms with E-state index < -0.39 is 0 Å². The summed E-state index contributed by atoms with van der Waals surface area (Å²) in [6, 6.07) is 7.60. The van der Waals surface area contributed by atoms with Crippen molar-refractivity contribution in [3.05, 3.63) is 29.8 Å². The Morgan fingerprint density at radius 2 is 1.71 bits per heavy atom. The summed E-state index contributed by atoms with van der Waals surface area (Å²) in [6.45, 7) is 1.01. The summed E-state index contributed by atoms with van der Waals surface area (Å²) in [5.74, 6) is 1.11. The van der Waals surface area contributed by atoms with Crippen LogP contribution < -0.4 is 4.74 Å². The van der Waals surface area contributed by atoms with Crippen LogP contribution in [0.3, 0.4) is 0 Å². The van der Waals surface area contributed by atoms with E-state index in [0.29, 0.717) is 19.0 Å². The van der Waals surface area contributed by atoms with Gasteiger partial charge >= 0.3 is 0 Å². The third-order valence-corrected chi connectivity index (χ3v) is 4.17. The van der Waals surface area contributed by atoms with E-state index in [1.807, 2.05) is 24.3 Å². The Hall–Kier alpha value is -1.35. The van der Waals surface area contributed by atoms with Crippen LogP contribution in [-0.2, 0) is 4.74 Å². The number of para-hydroxylation sites is 1. The second kappa shape index (κ2) is 8.83. The minimum Gasteiger partial charge on any atom is -0.490 e. The van der Waals surface area contributed by atoms with E-state index in [4.69, 9.17) is 9.47 Å². The van der Waals surface area contributed by atoms with Crippen molar-refractivity contribution in [1.82, 2.24) is 0 Å². The molecule has 0 bridgehead atoms. The first-order valence-electron chi connectivity index (χ1n) is 8.08. The number of carbonyl (C=O) groups excluding carboxylic acids is 1. The molecule has 1 saturated carbocycles. The number of methoxy groups -OCH3 is 1. The predicted molar refractivity (Wildman–Crippen MR) is 84.0 cm³/mol. The molecule has 3 heteroatoms. The van der Waals surface area contributed by atoms with Gasteiger partial charge in [-0.3, -0.25) is 4.79 Å². The molecule has 0 heterocycles. The molecule has 0 spiro atoms. The smallest absolute Gasteiger partial charge is 0.169 e. The minimum atomic E-state index is 0.164. The van der Waals surface area contributed by atoms with Crippen LogP contribution in [0.2, 0.25) is 0 Å². The molecule has 0 amide bonds. The van der Waals surface area contributed by atoms with Gasteiger partial charge in [-0.25, -0.2) is 0 Å². The number of benzene rings is 1. The lowest BCUT2D eigenvalue weighted by Gasteiger charge is -2.20. The van der Waals surface area contributed by atoms with Gasteiger partial charge < -0.3 is 9.47 Å². The fourth-order valence-corrected chi connectivity index (χ4v) is 2.97. The maximum atomic E-state index is 12.8. The fourth-order valence-electron chi connectivity index (χ4n) is 2.97. The van der Waals surface area contributed by atoms with Crippen LogP contribution in [-0.4, -0.2) is 26.1 Å². The number of Topliss-reactive ketones (excluding diaryl/α,β-unsaturated/α-hetero) is 1. The molecule has 0 radical (unpaired) electrons. The molecule has 116 valence electrons. The molecule has 0 aromatic heterocycles. The van der Waals surface area contributed by atoms with Crippen molar-refractivity contribution in [3.63, 3.8) is 0 Å². The van der Waals surface area contributed by atoms with Crippen LogP contribution >= 0.6 is 0 Å². The zero-order chi connectivity index (χ0) is 14.9. The van der Waals surface area contributed by atoms with Gasteiger partial charge in [-0.1, -0.05) is 44.2 Å². The van der Waals surface area contributed by atoms with Gasteiger partial charge in [-0.15, -0.1) is 0 Å². The molecular formula is C18H26O3. The van der Waals surface area contributed by atoms with E-state index in [-0.39, 0.29) is 11.7 Å². The van der Waals surface area contributed by atoms with Crippen molar-refractivity contribution in [2.24, 2.45) is 5.92 Å². The van der Waals surface area contributed by atoms with E-state index in [0.717, 1.165) is 18.4 Å². The number of hydrogen-bond donors (Lipinski definition) is 0. The predicted octanol–water partition coefficient (Wildman–Crippen LogP) is 4.26. The van der Waals surface area contributed by atoms with Crippen LogP contribution in [0.15, 0.2) is 24.3 Å². The average molecular weight is 290 g/mol. The largest absolute Gasteiger partial charge is 0.490 e. The Balaban J connectivity index is 2.06. The highest BCUT2D eigenvalue weighted by atomic mass is 16.5. The lowest BCUT2D eigenvalue weighted by Crippen LogP contribution is -2.18. The van der Waals surface area contributed by atoms with E-state index in [2.05, 4.69) is 0 Å². The van der Waals surface area contributed by atoms with Crippen molar-refractivity contribution < 1.29 is 14.3 Å². The summed E-state index contributed by atoms with van der Waals surface area (Å²) in [7, 11) is 1.65. The monoisotopic (exact) mass is 290 g/mol. The molecule has 1 aromatic rings. The Morgan fingerprint density at radius 1 is 1.05 bits per heavy atom. The number of rotatable bonds is 6. The first-order chi connectivity index (χ1) is 10.3. The van der Waals surface area contributed by atoms with Crippen molar-refractivity contribution in [3.8, 4) is 5.75 Å². The first kappa shape index (κ1) is 16.0. The van der Waals surface area contributed by atoms with Gasteiger partial charge in [-0.2, -0.15) is 0 Å². The van der Waals surface area contributed by atoms with Crippen molar-refractivity contribution in [2.75, 3.05) is 20.3 Å². The van der Waals surface area contributed by atoms with Gasteiger partial charge in [0.2, 0.25) is 0 Å². The molecule has 0 atom stereocenters. The molecule has 0 aliphatic heterocycles. The molecule has 0 saturated heterocycles. The minimum absolute atomic E-state index is 0.164. The molecule has 1 aliphatic carbocycles. The van der Waals surface area contributed by atoms with Crippen molar-refractivity contribution in [1.29, 1.82) is 0 Å². The molecule has 2 rings (SSSR count). The zero-order valence-corrected chi connectivity index (χ0v) is 13.0. The lowest BCUT2D eigenvalue weighted by atomic mass is 9.85. The third-order valence-electron chi connectivity index (χ3n) is 4.17. The van der Waals surface area contributed by atoms with Gasteiger partial charge in [0.1, 0.15) is 12.4 Å². The zero-order valence-electron chi connectivity index (χ0n) is 13.0. The van der Waals surface area contributed by atoms with Gasteiger partial charge in [0, 0.05) is 13.0 Å². The standard InChI is InChI=1S/C18H26O3/c1-20-13-14-21-17-12-8-7-11-16(17)18(19)15-9-5-3-2-4-6-10-15/h7-8,11-12,15H,2-6,9-10,13-14H2,1H3. The second-order valence-corrected chi connectivity index (χ2v) is 5.74. The molecule has 21 heavy (non-hydrogen) atoms. The fraction of sp³-hybridized carbons (Fsp3) is 0.611. The van der Waals surface area contributed by atoms with Crippen molar-refractivity contribution in [2.45, 2.75) is 44.9 Å². The normalized spacial score (nSPS) is 17.0. The topological polar surface area (TPSA) is 35.5 Å². The lowest BCUT2D eigenvalue weighted by molar-refractivity contribution is 0.0891. The summed E-state index contributed by atoms with van der Waals surface area (Å²) in [5, 5.41) is 0. The highest BCUT2D eigenvalue weighted by molar-refractivity contribution is 6.00. The Bertz CT molecular complexity index is 434. The first-order valence-corrected chi connectivity index (χ1v) is 8.08. The maximum absolute atomic E-state index is 12.8. The quantitative estimate of drug-likeness (QED) is 0.580. The molecular weight excluding hydrogens is 264 g/mol. The number of ether oxygens (including phenoxy) is 2. The van der Waals surface area contributed by atoms with Crippen LogP contribution in [0.5, 0.6) is 5.75 Å². The Morgan fingerprint density at radius 3 is 2.43 bits per heavy atom. The highest BCUT2D eigenvalue weighted by Crippen LogP contribution is 2.29. The molecule has 0 N–H and O–H groups in total. The molecule has 1 fully saturated rings. The van der Waals surface area contributed by atoms with Gasteiger partial charge in [-0.05, 0) is 25.0 Å². The summed E-state index contributed by atoms with van der Waals surface area (Å²) in [4.78, 5) is 12.8. The van der Waals surface area contributed by atoms with Crippen LogP contribution in [0.4, 0.5) is 0 Å². The molecule has 1 aliphatic rings. The van der Waals surface area contributed by atoms with Crippen molar-refractivity contribution >= 4 is 5.78 Å². The van der Waals surface area contributed by atoms with Crippen LogP contribution in [0.25, 0.3) is 0 Å². The van der Waals surface area contributed by atoms with E-state index in [1.54, 1.807) is 7.11 Å². The average Bonchev–Trinajstić information content (AvgIpc) is 2.47. The van der Waals surface area contributed by atoms with Gasteiger partial charge in [0.25, 0.3) is 0 Å². The molecule has 0 unspecified atom stereocenters. The highest BCUT2D eigenvalue weighted by Gasteiger charge is 2.23. The summed E-state index contributed by atoms with van der Waals surface area (Å²) < 4.78 is 10.7. The van der Waals surface area contributed by atoms with E-state index in [1.165, 1.54) is 32.1 Å². The van der Waals surface area contributed by atoms with Gasteiger partial charge in [0.05, 0.1) is 12.2 Å². The number of hydrogen-bond acceptors (Lipinski definition) is 3. The molecule has 3 nitrogen and oxygen atoms in total. The van der Waals surface area contributed by atoms with Crippen LogP contribution in [0, 0.1) is 5.92 Å². The maximum Gasteiger partial charge on any atom is 0.169 e. The van der Waals surface area contributed by atoms with E-state index in [9.17, 15) is 4.79 Å². The summed E-state index contributed by atoms with van der Waals surface area (Å²) in [6.07, 6.45) is 8.21. The number of carbonyl (C=O) groups is 1.